The van der Waals surface area contributed by atoms with Crippen molar-refractivity contribution in [1.29, 1.82) is 0 Å². The fourth-order valence-electron chi connectivity index (χ4n) is 2.73. The van der Waals surface area contributed by atoms with Gasteiger partial charge in [0.25, 0.3) is 0 Å². The van der Waals surface area contributed by atoms with Gasteiger partial charge in [0, 0.05) is 5.92 Å². The molecule has 0 amide bonds. The van der Waals surface area contributed by atoms with Crippen molar-refractivity contribution in [2.75, 3.05) is 0 Å². The highest BCUT2D eigenvalue weighted by atomic mass is 16.3. The Bertz CT molecular complexity index is 702. The number of rotatable bonds is 4. The second-order valence-corrected chi connectivity index (χ2v) is 5.63. The van der Waals surface area contributed by atoms with Crippen molar-refractivity contribution in [2.24, 2.45) is 0 Å². The van der Waals surface area contributed by atoms with Crippen LogP contribution >= 0.6 is 0 Å². The van der Waals surface area contributed by atoms with Crippen LogP contribution in [0.4, 0.5) is 0 Å². The maximum atomic E-state index is 10.5. The summed E-state index contributed by atoms with van der Waals surface area (Å²) in [5.74, 6) is 0.0622. The topological polar surface area (TPSA) is 20.2 Å². The van der Waals surface area contributed by atoms with Gasteiger partial charge >= 0.3 is 0 Å². The number of hydrogen-bond acceptors (Lipinski definition) is 1. The Morgan fingerprint density at radius 2 is 1.09 bits per heavy atom. The van der Waals surface area contributed by atoms with Gasteiger partial charge in [-0.3, -0.25) is 0 Å². The molecule has 0 fully saturated rings. The number of aliphatic hydroxyl groups excluding tert-OH is 1. The van der Waals surface area contributed by atoms with E-state index in [4.69, 9.17) is 0 Å². The van der Waals surface area contributed by atoms with Crippen LogP contribution in [0.3, 0.4) is 0 Å². The Kier molecular flexibility index (Phi) is 4.36. The SMILES string of the molecule is CC(c1ccc(-c2ccccc2)cc1)C(O)c1ccccc1. The summed E-state index contributed by atoms with van der Waals surface area (Å²) in [5, 5.41) is 10.5. The predicted octanol–water partition coefficient (Wildman–Crippen LogP) is 5.19. The molecule has 0 radical (unpaired) electrons. The van der Waals surface area contributed by atoms with Crippen LogP contribution in [0, 0.1) is 0 Å². The molecule has 1 heteroatoms. The summed E-state index contributed by atoms with van der Waals surface area (Å²) in [6.45, 7) is 2.06. The molecule has 0 aromatic heterocycles. The van der Waals surface area contributed by atoms with E-state index in [1.54, 1.807) is 0 Å². The quantitative estimate of drug-likeness (QED) is 0.700. The molecule has 0 aliphatic carbocycles. The molecule has 22 heavy (non-hydrogen) atoms. The second kappa shape index (κ2) is 6.59. The lowest BCUT2D eigenvalue weighted by Crippen LogP contribution is -2.07. The third-order valence-electron chi connectivity index (χ3n) is 4.16. The minimum atomic E-state index is -0.483. The summed E-state index contributed by atoms with van der Waals surface area (Å²) in [6.07, 6.45) is -0.483. The fourth-order valence-corrected chi connectivity index (χ4v) is 2.73. The van der Waals surface area contributed by atoms with Gasteiger partial charge in [-0.25, -0.2) is 0 Å². The molecule has 2 atom stereocenters. The van der Waals surface area contributed by atoms with Gasteiger partial charge in [-0.15, -0.1) is 0 Å². The maximum absolute atomic E-state index is 10.5. The molecule has 3 aromatic rings. The zero-order valence-corrected chi connectivity index (χ0v) is 12.7. The van der Waals surface area contributed by atoms with Gasteiger partial charge < -0.3 is 5.11 Å². The van der Waals surface area contributed by atoms with Gasteiger partial charge in [-0.05, 0) is 22.3 Å². The summed E-state index contributed by atoms with van der Waals surface area (Å²) >= 11 is 0. The lowest BCUT2D eigenvalue weighted by atomic mass is 9.90. The van der Waals surface area contributed by atoms with Crippen LogP contribution in [0.5, 0.6) is 0 Å². The Hall–Kier alpha value is -2.38. The molecule has 3 aromatic carbocycles. The molecular formula is C21H20O. The van der Waals surface area contributed by atoms with Crippen LogP contribution in [0.15, 0.2) is 84.9 Å². The van der Waals surface area contributed by atoms with Crippen LogP contribution in [-0.2, 0) is 0 Å². The lowest BCUT2D eigenvalue weighted by Gasteiger charge is -2.20. The second-order valence-electron chi connectivity index (χ2n) is 5.63. The summed E-state index contributed by atoms with van der Waals surface area (Å²) in [7, 11) is 0. The third-order valence-corrected chi connectivity index (χ3v) is 4.16. The summed E-state index contributed by atoms with van der Waals surface area (Å²) < 4.78 is 0. The first-order valence-corrected chi connectivity index (χ1v) is 7.64. The van der Waals surface area contributed by atoms with Gasteiger partial charge in [0.1, 0.15) is 0 Å². The number of aliphatic hydroxyl groups is 1. The monoisotopic (exact) mass is 288 g/mol. The van der Waals surface area contributed by atoms with Crippen molar-refractivity contribution in [1.82, 2.24) is 0 Å². The van der Waals surface area contributed by atoms with Gasteiger partial charge in [0.15, 0.2) is 0 Å². The normalized spacial score (nSPS) is 13.5. The van der Waals surface area contributed by atoms with Crippen molar-refractivity contribution in [2.45, 2.75) is 18.9 Å². The largest absolute Gasteiger partial charge is 0.388 e. The van der Waals surface area contributed by atoms with Crippen molar-refractivity contribution in [3.63, 3.8) is 0 Å². The average molecular weight is 288 g/mol. The summed E-state index contributed by atoms with van der Waals surface area (Å²) in [4.78, 5) is 0. The Balaban J connectivity index is 1.81. The lowest BCUT2D eigenvalue weighted by molar-refractivity contribution is 0.151. The van der Waals surface area contributed by atoms with Crippen molar-refractivity contribution < 1.29 is 5.11 Å². The number of benzene rings is 3. The van der Waals surface area contributed by atoms with Crippen molar-refractivity contribution in [3.05, 3.63) is 96.1 Å². The van der Waals surface area contributed by atoms with E-state index >= 15 is 0 Å². The first-order chi connectivity index (χ1) is 10.8. The Morgan fingerprint density at radius 1 is 0.591 bits per heavy atom. The molecule has 0 saturated carbocycles. The van der Waals surface area contributed by atoms with E-state index in [0.29, 0.717) is 0 Å². The van der Waals surface area contributed by atoms with Crippen molar-refractivity contribution in [3.8, 4) is 11.1 Å². The molecule has 0 heterocycles. The molecule has 0 aliphatic heterocycles. The molecule has 0 spiro atoms. The van der Waals surface area contributed by atoms with E-state index in [0.717, 1.165) is 11.1 Å². The van der Waals surface area contributed by atoms with E-state index in [1.165, 1.54) is 11.1 Å². The summed E-state index contributed by atoms with van der Waals surface area (Å²) in [6, 6.07) is 28.6. The van der Waals surface area contributed by atoms with Crippen LogP contribution in [0.2, 0.25) is 0 Å². The van der Waals surface area contributed by atoms with E-state index in [-0.39, 0.29) is 5.92 Å². The molecule has 1 N–H and O–H groups in total. The Labute approximate surface area is 131 Å². The zero-order valence-electron chi connectivity index (χ0n) is 12.7. The molecular weight excluding hydrogens is 268 g/mol. The van der Waals surface area contributed by atoms with E-state index in [9.17, 15) is 5.11 Å². The van der Waals surface area contributed by atoms with Crippen LogP contribution < -0.4 is 0 Å². The van der Waals surface area contributed by atoms with Crippen LogP contribution in [-0.4, -0.2) is 5.11 Å². The zero-order chi connectivity index (χ0) is 15.4. The van der Waals surface area contributed by atoms with E-state index in [1.807, 2.05) is 48.5 Å². The van der Waals surface area contributed by atoms with Crippen LogP contribution in [0.25, 0.3) is 11.1 Å². The number of hydrogen-bond donors (Lipinski definition) is 1. The first-order valence-electron chi connectivity index (χ1n) is 7.64. The maximum Gasteiger partial charge on any atom is 0.0855 e. The minimum Gasteiger partial charge on any atom is -0.388 e. The molecule has 2 unspecified atom stereocenters. The van der Waals surface area contributed by atoms with Gasteiger partial charge in [0.05, 0.1) is 6.10 Å². The third kappa shape index (κ3) is 3.10. The summed E-state index contributed by atoms with van der Waals surface area (Å²) in [5.41, 5.74) is 4.52. The first kappa shape index (κ1) is 14.6. The fraction of sp³-hybridized carbons (Fsp3) is 0.143. The highest BCUT2D eigenvalue weighted by molar-refractivity contribution is 5.63. The average Bonchev–Trinajstić information content (AvgIpc) is 2.62. The van der Waals surface area contributed by atoms with Gasteiger partial charge in [-0.1, -0.05) is 91.9 Å². The minimum absolute atomic E-state index is 0.0622. The van der Waals surface area contributed by atoms with Crippen molar-refractivity contribution >= 4 is 0 Å². The molecule has 110 valence electrons. The smallest absolute Gasteiger partial charge is 0.0855 e. The Morgan fingerprint density at radius 3 is 1.68 bits per heavy atom. The van der Waals surface area contributed by atoms with Gasteiger partial charge in [-0.2, -0.15) is 0 Å². The van der Waals surface area contributed by atoms with E-state index < -0.39 is 6.10 Å². The molecule has 0 aliphatic rings. The van der Waals surface area contributed by atoms with Crippen LogP contribution in [0.1, 0.15) is 30.1 Å². The standard InChI is InChI=1S/C21H20O/c1-16(21(22)20-10-6-3-7-11-20)17-12-14-19(15-13-17)18-8-4-2-5-9-18/h2-16,21-22H,1H3. The molecule has 3 rings (SSSR count). The molecule has 0 saturated heterocycles. The molecule has 0 bridgehead atoms. The highest BCUT2D eigenvalue weighted by Gasteiger charge is 2.17. The van der Waals surface area contributed by atoms with Gasteiger partial charge in [0.2, 0.25) is 0 Å². The van der Waals surface area contributed by atoms with E-state index in [2.05, 4.69) is 43.3 Å². The highest BCUT2D eigenvalue weighted by Crippen LogP contribution is 2.31. The predicted molar refractivity (Wildman–Crippen MR) is 91.7 cm³/mol. The molecule has 1 nitrogen and oxygen atoms in total.